The first-order chi connectivity index (χ1) is 16.3. The summed E-state index contributed by atoms with van der Waals surface area (Å²) in [6.45, 7) is 2.91. The first-order valence-corrected chi connectivity index (χ1v) is 11.6. The highest BCUT2D eigenvalue weighted by atomic mass is 35.5. The second-order valence-corrected chi connectivity index (χ2v) is 9.05. The average Bonchev–Trinajstić information content (AvgIpc) is 3.43. The number of imidazole rings is 1. The van der Waals surface area contributed by atoms with Crippen LogP contribution in [0.3, 0.4) is 0 Å². The van der Waals surface area contributed by atoms with Crippen LogP contribution in [0.1, 0.15) is 12.8 Å². The summed E-state index contributed by atoms with van der Waals surface area (Å²) in [5, 5.41) is 12.0. The number of hydrogen-bond acceptors (Lipinski definition) is 6. The van der Waals surface area contributed by atoms with E-state index < -0.39 is 6.09 Å². The van der Waals surface area contributed by atoms with E-state index in [0.29, 0.717) is 29.7 Å². The molecule has 1 amide bonds. The Morgan fingerprint density at radius 3 is 2.88 bits per heavy atom. The van der Waals surface area contributed by atoms with Gasteiger partial charge in [-0.25, -0.2) is 9.78 Å². The molecule has 0 spiro atoms. The fourth-order valence-corrected chi connectivity index (χ4v) is 4.40. The molecule has 1 unspecified atom stereocenters. The lowest BCUT2D eigenvalue weighted by atomic mass is 10.1. The second-order valence-electron chi connectivity index (χ2n) is 8.65. The number of hydrogen-bond donors (Lipinski definition) is 2. The topological polar surface area (TPSA) is 91.6 Å². The molecule has 0 radical (unpaired) electrons. The van der Waals surface area contributed by atoms with E-state index in [9.17, 15) is 4.79 Å². The van der Waals surface area contributed by atoms with Gasteiger partial charge in [0.1, 0.15) is 17.1 Å². The molecule has 1 aromatic carbocycles. The Morgan fingerprint density at radius 2 is 2.15 bits per heavy atom. The van der Waals surface area contributed by atoms with Gasteiger partial charge < -0.3 is 34.1 Å². The maximum absolute atomic E-state index is 10.9. The van der Waals surface area contributed by atoms with Gasteiger partial charge in [0.05, 0.1) is 30.5 Å². The number of nitrogens with zero attached hydrogens (tertiary/aromatic N) is 4. The zero-order valence-corrected chi connectivity index (χ0v) is 20.4. The zero-order chi connectivity index (χ0) is 24.2. The van der Waals surface area contributed by atoms with Crippen LogP contribution in [0.25, 0.3) is 16.9 Å². The quantitative estimate of drug-likeness (QED) is 0.443. The molecule has 1 aliphatic heterocycles. The maximum Gasteiger partial charge on any atom is 0.404 e. The number of rotatable bonds is 9. The Labute approximate surface area is 203 Å². The monoisotopic (exact) mass is 487 g/mol. The zero-order valence-electron chi connectivity index (χ0n) is 19.6. The summed E-state index contributed by atoms with van der Waals surface area (Å²) in [6.07, 6.45) is 4.58. The van der Waals surface area contributed by atoms with Crippen molar-refractivity contribution in [2.24, 2.45) is 0 Å². The number of nitrogens with one attached hydrogen (secondary N) is 1. The molecular weight excluding hydrogens is 458 g/mol. The Hall–Kier alpha value is -3.17. The normalized spacial score (nSPS) is 15.8. The summed E-state index contributed by atoms with van der Waals surface area (Å²) in [7, 11) is 5.65. The molecule has 0 aliphatic carbocycles. The molecule has 34 heavy (non-hydrogen) atoms. The number of methoxy groups -OCH3 is 1. The van der Waals surface area contributed by atoms with Crippen LogP contribution in [0.4, 0.5) is 10.5 Å². The molecule has 10 heteroatoms. The van der Waals surface area contributed by atoms with E-state index in [1.165, 1.54) is 0 Å². The molecule has 9 nitrogen and oxygen atoms in total. The highest BCUT2D eigenvalue weighted by Crippen LogP contribution is 2.38. The van der Waals surface area contributed by atoms with E-state index >= 15 is 0 Å². The third-order valence-corrected chi connectivity index (χ3v) is 6.16. The molecule has 4 rings (SSSR count). The molecule has 0 bridgehead atoms. The van der Waals surface area contributed by atoms with E-state index in [-0.39, 0.29) is 6.04 Å². The molecule has 0 saturated carbocycles. The molecule has 1 fully saturated rings. The van der Waals surface area contributed by atoms with Gasteiger partial charge in [-0.05, 0) is 39.1 Å². The second kappa shape index (κ2) is 10.4. The van der Waals surface area contributed by atoms with Gasteiger partial charge >= 0.3 is 6.09 Å². The Bertz CT molecular complexity index is 1170. The van der Waals surface area contributed by atoms with Gasteiger partial charge in [-0.3, -0.25) is 0 Å². The number of fused-ring (bicyclic) bond motifs is 1. The van der Waals surface area contributed by atoms with Crippen molar-refractivity contribution in [1.29, 1.82) is 0 Å². The van der Waals surface area contributed by atoms with Gasteiger partial charge in [-0.2, -0.15) is 0 Å². The van der Waals surface area contributed by atoms with Crippen LogP contribution in [-0.2, 0) is 0 Å². The summed E-state index contributed by atoms with van der Waals surface area (Å²) < 4.78 is 13.5. The highest BCUT2D eigenvalue weighted by Gasteiger charge is 2.24. The fraction of sp³-hybridized carbons (Fsp3) is 0.417. The summed E-state index contributed by atoms with van der Waals surface area (Å²) in [5.74, 6) is 1.23. The largest absolute Gasteiger partial charge is 0.495 e. The predicted octanol–water partition coefficient (Wildman–Crippen LogP) is 3.84. The lowest BCUT2D eigenvalue weighted by molar-refractivity contribution is 0.191. The van der Waals surface area contributed by atoms with Crippen molar-refractivity contribution < 1.29 is 19.4 Å². The van der Waals surface area contributed by atoms with E-state index in [1.807, 2.05) is 55.2 Å². The Balaban J connectivity index is 1.59. The smallest absolute Gasteiger partial charge is 0.404 e. The van der Waals surface area contributed by atoms with Crippen LogP contribution < -0.4 is 19.7 Å². The maximum atomic E-state index is 10.9. The van der Waals surface area contributed by atoms with Crippen molar-refractivity contribution in [3.05, 3.63) is 41.7 Å². The van der Waals surface area contributed by atoms with Gasteiger partial charge in [-0.15, -0.1) is 0 Å². The number of halogens is 1. The molecule has 1 atom stereocenters. The Morgan fingerprint density at radius 1 is 1.32 bits per heavy atom. The van der Waals surface area contributed by atoms with E-state index in [1.54, 1.807) is 7.11 Å². The number of benzene rings is 1. The number of carboxylic acid groups (broad SMARTS) is 1. The van der Waals surface area contributed by atoms with Crippen LogP contribution in [-0.4, -0.2) is 79.0 Å². The first kappa shape index (κ1) is 24.0. The van der Waals surface area contributed by atoms with Crippen LogP contribution >= 0.6 is 11.6 Å². The van der Waals surface area contributed by atoms with Gasteiger partial charge in [0, 0.05) is 55.4 Å². The van der Waals surface area contributed by atoms with Gasteiger partial charge in [0.15, 0.2) is 0 Å². The fourth-order valence-electron chi connectivity index (χ4n) is 4.16. The van der Waals surface area contributed by atoms with Gasteiger partial charge in [-0.1, -0.05) is 11.6 Å². The summed E-state index contributed by atoms with van der Waals surface area (Å²) in [5.41, 5.74) is 3.34. The number of amides is 1. The van der Waals surface area contributed by atoms with Gasteiger partial charge in [0.2, 0.25) is 0 Å². The van der Waals surface area contributed by atoms with E-state index in [4.69, 9.17) is 31.2 Å². The standard InChI is InChI=1S/C24H30ClN5O4/c1-28(2)7-4-10-34-21-13-22(33-3)19(25)12-18(21)20-15-30-9-6-17(11-23(30)27-20)29-8-5-16(14-29)26-24(31)32/h6,9,11-13,15-16,26H,4-5,7-8,10,14H2,1-3H3,(H,31,32). The number of anilines is 1. The van der Waals surface area contributed by atoms with Crippen LogP contribution in [0.2, 0.25) is 5.02 Å². The van der Waals surface area contributed by atoms with Crippen LogP contribution in [0.5, 0.6) is 11.5 Å². The molecule has 2 aromatic heterocycles. The van der Waals surface area contributed by atoms with Crippen molar-refractivity contribution in [3.8, 4) is 22.8 Å². The SMILES string of the molecule is COc1cc(OCCCN(C)C)c(-c2cn3ccc(N4CCC(NC(=O)O)C4)cc3n2)cc1Cl. The predicted molar refractivity (Wildman–Crippen MR) is 133 cm³/mol. The molecule has 182 valence electrons. The third kappa shape index (κ3) is 5.48. The number of aromatic nitrogens is 2. The minimum atomic E-state index is -0.988. The number of ether oxygens (including phenoxy) is 2. The lowest BCUT2D eigenvalue weighted by Crippen LogP contribution is -2.36. The molecule has 2 N–H and O–H groups in total. The molecule has 1 aliphatic rings. The van der Waals surface area contributed by atoms with E-state index in [2.05, 4.69) is 15.1 Å². The minimum Gasteiger partial charge on any atom is -0.495 e. The summed E-state index contributed by atoms with van der Waals surface area (Å²) >= 11 is 6.44. The molecule has 3 heterocycles. The third-order valence-electron chi connectivity index (χ3n) is 5.86. The van der Waals surface area contributed by atoms with Crippen molar-refractivity contribution in [2.75, 3.05) is 52.3 Å². The average molecular weight is 488 g/mol. The number of pyridine rings is 1. The summed E-state index contributed by atoms with van der Waals surface area (Å²) in [4.78, 5) is 20.1. The molecule has 1 saturated heterocycles. The Kier molecular flexibility index (Phi) is 7.33. The van der Waals surface area contributed by atoms with Crippen LogP contribution in [0, 0.1) is 0 Å². The highest BCUT2D eigenvalue weighted by molar-refractivity contribution is 6.32. The molecule has 3 aromatic rings. The van der Waals surface area contributed by atoms with Crippen molar-refractivity contribution >= 4 is 29.0 Å². The van der Waals surface area contributed by atoms with Crippen molar-refractivity contribution in [3.63, 3.8) is 0 Å². The lowest BCUT2D eigenvalue weighted by Gasteiger charge is -2.18. The minimum absolute atomic E-state index is 0.0716. The van der Waals surface area contributed by atoms with Gasteiger partial charge in [0.25, 0.3) is 0 Å². The van der Waals surface area contributed by atoms with E-state index in [0.717, 1.165) is 48.5 Å². The van der Waals surface area contributed by atoms with Crippen molar-refractivity contribution in [1.82, 2.24) is 19.6 Å². The number of carbonyl (C=O) groups is 1. The first-order valence-electron chi connectivity index (χ1n) is 11.2. The van der Waals surface area contributed by atoms with Crippen LogP contribution in [0.15, 0.2) is 36.7 Å². The van der Waals surface area contributed by atoms with Crippen molar-refractivity contribution in [2.45, 2.75) is 18.9 Å². The summed E-state index contributed by atoms with van der Waals surface area (Å²) in [6, 6.07) is 7.59. The molecular formula is C24H30ClN5O4.